The number of benzene rings is 2. The highest BCUT2D eigenvalue weighted by Crippen LogP contribution is 2.24. The van der Waals surface area contributed by atoms with Gasteiger partial charge in [-0.2, -0.15) is 5.26 Å². The Morgan fingerprint density at radius 3 is 2.78 bits per heavy atom. The molecule has 2 atom stereocenters. The lowest BCUT2D eigenvalue weighted by Gasteiger charge is -2.24. The van der Waals surface area contributed by atoms with Crippen molar-refractivity contribution >= 4 is 22.7 Å². The number of halogens is 2. The Bertz CT molecular complexity index is 1230. The molecule has 6 nitrogen and oxygen atoms in total. The molecular formula is C24H22F2N4O2. The van der Waals surface area contributed by atoms with Crippen LogP contribution in [0.15, 0.2) is 48.7 Å². The Morgan fingerprint density at radius 1 is 1.22 bits per heavy atom. The van der Waals surface area contributed by atoms with Crippen LogP contribution in [0.3, 0.4) is 0 Å². The van der Waals surface area contributed by atoms with Gasteiger partial charge in [0.05, 0.1) is 12.1 Å². The number of nitrogens with zero attached hydrogens (tertiary/aromatic N) is 3. The fraction of sp³-hybridized carbons (Fsp3) is 0.292. The molecule has 3 aromatic rings. The highest BCUT2D eigenvalue weighted by molar-refractivity contribution is 5.90. The average molecular weight is 436 g/mol. The van der Waals surface area contributed by atoms with E-state index >= 15 is 0 Å². The fourth-order valence-electron chi connectivity index (χ4n) is 4.16. The lowest BCUT2D eigenvalue weighted by molar-refractivity contribution is -0.139. The molecule has 164 valence electrons. The first-order valence-corrected chi connectivity index (χ1v) is 10.3. The first-order valence-electron chi connectivity index (χ1n) is 10.3. The molecule has 0 saturated carbocycles. The number of fused-ring (bicyclic) bond motifs is 1. The van der Waals surface area contributed by atoms with Gasteiger partial charge in [0.1, 0.15) is 30.6 Å². The maximum atomic E-state index is 14.2. The minimum absolute atomic E-state index is 0.0460. The van der Waals surface area contributed by atoms with E-state index in [9.17, 15) is 23.6 Å². The molecule has 1 N–H and O–H groups in total. The van der Waals surface area contributed by atoms with E-state index in [1.165, 1.54) is 4.90 Å². The summed E-state index contributed by atoms with van der Waals surface area (Å²) in [6, 6.07) is 13.2. The normalized spacial score (nSPS) is 18.0. The first kappa shape index (κ1) is 21.5. The van der Waals surface area contributed by atoms with Gasteiger partial charge in [-0.25, -0.2) is 8.78 Å². The van der Waals surface area contributed by atoms with E-state index in [0.29, 0.717) is 22.2 Å². The molecule has 0 unspecified atom stereocenters. The van der Waals surface area contributed by atoms with Crippen molar-refractivity contribution in [2.24, 2.45) is 0 Å². The SMILES string of the molecule is Cc1cccc(CNC(=O)[C@@H]2C[C@@H](F)CN2C(=O)Cn2cc(C#N)c3ccccc32)c1F. The topological polar surface area (TPSA) is 78.1 Å². The van der Waals surface area contributed by atoms with Gasteiger partial charge in [0.2, 0.25) is 11.8 Å². The summed E-state index contributed by atoms with van der Waals surface area (Å²) in [5.41, 5.74) is 1.94. The molecule has 2 amide bonds. The minimum Gasteiger partial charge on any atom is -0.350 e. The Labute approximate surface area is 184 Å². The van der Waals surface area contributed by atoms with Crippen LogP contribution in [0.2, 0.25) is 0 Å². The van der Waals surface area contributed by atoms with Gasteiger partial charge in [-0.1, -0.05) is 36.4 Å². The lowest BCUT2D eigenvalue weighted by Crippen LogP contribution is -2.46. The quantitative estimate of drug-likeness (QED) is 0.667. The number of nitrogens with one attached hydrogen (secondary N) is 1. The number of likely N-dealkylation sites (tertiary alicyclic amines) is 1. The first-order chi connectivity index (χ1) is 15.4. The van der Waals surface area contributed by atoms with Crippen LogP contribution >= 0.6 is 0 Å². The highest BCUT2D eigenvalue weighted by Gasteiger charge is 2.39. The fourth-order valence-corrected chi connectivity index (χ4v) is 4.16. The van der Waals surface area contributed by atoms with Gasteiger partial charge in [0, 0.05) is 35.6 Å². The number of carbonyl (C=O) groups is 2. The molecule has 1 aliphatic rings. The summed E-state index contributed by atoms with van der Waals surface area (Å²) in [4.78, 5) is 27.0. The van der Waals surface area contributed by atoms with Crippen LogP contribution in [0, 0.1) is 24.1 Å². The van der Waals surface area contributed by atoms with E-state index in [0.717, 1.165) is 5.39 Å². The summed E-state index contributed by atoms with van der Waals surface area (Å²) >= 11 is 0. The average Bonchev–Trinajstić information content (AvgIpc) is 3.35. The van der Waals surface area contributed by atoms with Crippen LogP contribution in [0.1, 0.15) is 23.1 Å². The van der Waals surface area contributed by atoms with E-state index in [4.69, 9.17) is 0 Å². The predicted molar refractivity (Wildman–Crippen MR) is 115 cm³/mol. The summed E-state index contributed by atoms with van der Waals surface area (Å²) < 4.78 is 30.0. The number of carbonyl (C=O) groups excluding carboxylic acids is 2. The predicted octanol–water partition coefficient (Wildman–Crippen LogP) is 3.22. The maximum Gasteiger partial charge on any atom is 0.243 e. The van der Waals surface area contributed by atoms with Gasteiger partial charge in [-0.05, 0) is 18.6 Å². The number of alkyl halides is 1. The number of amides is 2. The molecule has 1 aliphatic heterocycles. The summed E-state index contributed by atoms with van der Waals surface area (Å²) in [5.74, 6) is -1.34. The van der Waals surface area contributed by atoms with E-state index in [1.807, 2.05) is 0 Å². The molecule has 0 aliphatic carbocycles. The van der Waals surface area contributed by atoms with Gasteiger partial charge in [-0.3, -0.25) is 9.59 Å². The maximum absolute atomic E-state index is 14.2. The highest BCUT2D eigenvalue weighted by atomic mass is 19.1. The van der Waals surface area contributed by atoms with Gasteiger partial charge >= 0.3 is 0 Å². The number of aryl methyl sites for hydroxylation is 1. The van der Waals surface area contributed by atoms with Crippen LogP contribution in [0.5, 0.6) is 0 Å². The molecule has 32 heavy (non-hydrogen) atoms. The van der Waals surface area contributed by atoms with Crippen LogP contribution in [0.4, 0.5) is 8.78 Å². The minimum atomic E-state index is -1.32. The summed E-state index contributed by atoms with van der Waals surface area (Å²) in [6.45, 7) is 1.29. The van der Waals surface area contributed by atoms with Crippen molar-refractivity contribution in [2.45, 2.75) is 38.6 Å². The second-order valence-corrected chi connectivity index (χ2v) is 7.96. The Kier molecular flexibility index (Phi) is 5.91. The second-order valence-electron chi connectivity index (χ2n) is 7.96. The summed E-state index contributed by atoms with van der Waals surface area (Å²) in [6.07, 6.45) is 0.159. The largest absolute Gasteiger partial charge is 0.350 e. The zero-order valence-corrected chi connectivity index (χ0v) is 17.5. The molecule has 2 aromatic carbocycles. The molecule has 1 aromatic heterocycles. The van der Waals surface area contributed by atoms with Crippen LogP contribution in [0.25, 0.3) is 10.9 Å². The van der Waals surface area contributed by atoms with Crippen LogP contribution in [-0.4, -0.2) is 40.0 Å². The van der Waals surface area contributed by atoms with Crippen molar-refractivity contribution in [3.63, 3.8) is 0 Å². The summed E-state index contributed by atoms with van der Waals surface area (Å²) in [7, 11) is 0. The molecule has 2 heterocycles. The Morgan fingerprint density at radius 2 is 2.00 bits per heavy atom. The standard InChI is InChI=1S/C24H22F2N4O2/c1-15-5-4-6-16(23(15)26)11-28-24(32)21-9-18(25)13-30(21)22(31)14-29-12-17(10-27)19-7-2-3-8-20(19)29/h2-8,12,18,21H,9,11,13-14H2,1H3,(H,28,32)/t18-,21+/m1/s1. The molecule has 0 bridgehead atoms. The Hall–Kier alpha value is -3.73. The monoisotopic (exact) mass is 436 g/mol. The van der Waals surface area contributed by atoms with Crippen molar-refractivity contribution in [3.05, 3.63) is 71.2 Å². The molecule has 0 radical (unpaired) electrons. The van der Waals surface area contributed by atoms with Gasteiger partial charge in [0.15, 0.2) is 0 Å². The number of rotatable bonds is 5. The molecule has 1 saturated heterocycles. The zero-order chi connectivity index (χ0) is 22.8. The molecule has 4 rings (SSSR count). The van der Waals surface area contributed by atoms with E-state index in [1.54, 1.807) is 60.2 Å². The van der Waals surface area contributed by atoms with Gasteiger partial charge < -0.3 is 14.8 Å². The van der Waals surface area contributed by atoms with Crippen LogP contribution in [-0.2, 0) is 22.7 Å². The van der Waals surface area contributed by atoms with Crippen molar-refractivity contribution in [2.75, 3.05) is 6.54 Å². The Balaban J connectivity index is 1.49. The number of para-hydroxylation sites is 1. The van der Waals surface area contributed by atoms with Crippen molar-refractivity contribution in [1.82, 2.24) is 14.8 Å². The van der Waals surface area contributed by atoms with Crippen LogP contribution < -0.4 is 5.32 Å². The van der Waals surface area contributed by atoms with Crippen molar-refractivity contribution in [1.29, 1.82) is 5.26 Å². The van der Waals surface area contributed by atoms with Gasteiger partial charge in [-0.15, -0.1) is 0 Å². The van der Waals surface area contributed by atoms with Crippen molar-refractivity contribution in [3.8, 4) is 6.07 Å². The molecule has 0 spiro atoms. The third-order valence-corrected chi connectivity index (χ3v) is 5.81. The van der Waals surface area contributed by atoms with E-state index < -0.39 is 29.8 Å². The third kappa shape index (κ3) is 4.06. The third-order valence-electron chi connectivity index (χ3n) is 5.81. The lowest BCUT2D eigenvalue weighted by atomic mass is 10.1. The van der Waals surface area contributed by atoms with Crippen molar-refractivity contribution < 1.29 is 18.4 Å². The molecule has 1 fully saturated rings. The number of aromatic nitrogens is 1. The number of hydrogen-bond donors (Lipinski definition) is 1. The zero-order valence-electron chi connectivity index (χ0n) is 17.5. The molecular weight excluding hydrogens is 414 g/mol. The summed E-state index contributed by atoms with van der Waals surface area (Å²) in [5, 5.41) is 12.7. The number of nitriles is 1. The van der Waals surface area contributed by atoms with Gasteiger partial charge in [0.25, 0.3) is 0 Å². The smallest absolute Gasteiger partial charge is 0.243 e. The van der Waals surface area contributed by atoms with E-state index in [-0.39, 0.29) is 26.1 Å². The molecule has 8 heteroatoms. The number of hydrogen-bond acceptors (Lipinski definition) is 3. The second kappa shape index (κ2) is 8.79. The van der Waals surface area contributed by atoms with E-state index in [2.05, 4.69) is 11.4 Å².